The van der Waals surface area contributed by atoms with Crippen molar-refractivity contribution >= 4 is 23.2 Å². The summed E-state index contributed by atoms with van der Waals surface area (Å²) in [6.07, 6.45) is 0. The summed E-state index contributed by atoms with van der Waals surface area (Å²) in [5.74, 6) is -0.375. The van der Waals surface area contributed by atoms with Crippen molar-refractivity contribution in [3.8, 4) is 0 Å². The molecular formula is C20H23ClFN3O. The zero-order valence-corrected chi connectivity index (χ0v) is 15.5. The third-order valence-electron chi connectivity index (χ3n) is 4.83. The molecule has 0 unspecified atom stereocenters. The Bertz CT molecular complexity index is 762. The first-order chi connectivity index (χ1) is 12.5. The van der Waals surface area contributed by atoms with Gasteiger partial charge in [0.2, 0.25) is 5.91 Å². The lowest BCUT2D eigenvalue weighted by Crippen LogP contribution is -2.53. The predicted octanol–water partition coefficient (Wildman–Crippen LogP) is 3.31. The van der Waals surface area contributed by atoms with Crippen LogP contribution in [0.4, 0.5) is 10.1 Å². The molecule has 2 aromatic rings. The molecule has 6 heteroatoms. The molecule has 0 bridgehead atoms. The summed E-state index contributed by atoms with van der Waals surface area (Å²) in [5.41, 5.74) is 1.60. The number of hydrogen-bond acceptors (Lipinski definition) is 3. The fourth-order valence-electron chi connectivity index (χ4n) is 3.18. The molecule has 1 amide bonds. The van der Waals surface area contributed by atoms with Crippen molar-refractivity contribution in [1.82, 2.24) is 10.2 Å². The van der Waals surface area contributed by atoms with Gasteiger partial charge in [0.1, 0.15) is 5.82 Å². The van der Waals surface area contributed by atoms with Crippen LogP contribution in [0.15, 0.2) is 48.5 Å². The Hall–Kier alpha value is -2.11. The van der Waals surface area contributed by atoms with Crippen LogP contribution in [0, 0.1) is 5.82 Å². The zero-order chi connectivity index (χ0) is 18.5. The van der Waals surface area contributed by atoms with Gasteiger partial charge in [-0.05, 0) is 31.2 Å². The van der Waals surface area contributed by atoms with Crippen LogP contribution in [0.2, 0.25) is 5.02 Å². The molecule has 4 nitrogen and oxygen atoms in total. The van der Waals surface area contributed by atoms with E-state index >= 15 is 0 Å². The molecule has 1 atom stereocenters. The number of hydrogen-bond donors (Lipinski definition) is 1. The van der Waals surface area contributed by atoms with E-state index in [1.807, 2.05) is 31.2 Å². The summed E-state index contributed by atoms with van der Waals surface area (Å²) >= 11 is 6.06. The van der Waals surface area contributed by atoms with Crippen LogP contribution in [0.3, 0.4) is 0 Å². The molecule has 1 aliphatic rings. The SMILES string of the molecule is C[C@H](C(=O)NCc1ccccc1F)N1CCN(c2cccc(Cl)c2)CC1. The van der Waals surface area contributed by atoms with Gasteiger partial charge in [-0.2, -0.15) is 0 Å². The third kappa shape index (κ3) is 4.54. The van der Waals surface area contributed by atoms with Crippen LogP contribution < -0.4 is 10.2 Å². The lowest BCUT2D eigenvalue weighted by molar-refractivity contribution is -0.126. The molecular weight excluding hydrogens is 353 g/mol. The number of nitrogens with one attached hydrogen (secondary N) is 1. The van der Waals surface area contributed by atoms with E-state index in [4.69, 9.17) is 11.6 Å². The average molecular weight is 376 g/mol. The summed E-state index contributed by atoms with van der Waals surface area (Å²) in [5, 5.41) is 3.56. The summed E-state index contributed by atoms with van der Waals surface area (Å²) in [6.45, 7) is 5.36. The fourth-order valence-corrected chi connectivity index (χ4v) is 3.36. The minimum atomic E-state index is -0.296. The topological polar surface area (TPSA) is 35.6 Å². The Morgan fingerprint density at radius 1 is 1.15 bits per heavy atom. The second-order valence-electron chi connectivity index (χ2n) is 6.49. The van der Waals surface area contributed by atoms with Crippen LogP contribution in [0.5, 0.6) is 0 Å². The van der Waals surface area contributed by atoms with Gasteiger partial charge in [0.25, 0.3) is 0 Å². The van der Waals surface area contributed by atoms with Crippen molar-refractivity contribution in [2.75, 3.05) is 31.1 Å². The number of amides is 1. The second-order valence-corrected chi connectivity index (χ2v) is 6.92. The van der Waals surface area contributed by atoms with E-state index in [0.717, 1.165) is 36.9 Å². The van der Waals surface area contributed by atoms with Crippen molar-refractivity contribution in [3.05, 3.63) is 64.9 Å². The maximum Gasteiger partial charge on any atom is 0.237 e. The van der Waals surface area contributed by atoms with E-state index in [-0.39, 0.29) is 24.3 Å². The molecule has 1 fully saturated rings. The molecule has 0 aliphatic carbocycles. The first-order valence-electron chi connectivity index (χ1n) is 8.80. The number of benzene rings is 2. The van der Waals surface area contributed by atoms with Crippen molar-refractivity contribution < 1.29 is 9.18 Å². The lowest BCUT2D eigenvalue weighted by atomic mass is 10.1. The van der Waals surface area contributed by atoms with E-state index in [9.17, 15) is 9.18 Å². The zero-order valence-electron chi connectivity index (χ0n) is 14.8. The van der Waals surface area contributed by atoms with Gasteiger partial charge in [-0.15, -0.1) is 0 Å². The number of carbonyl (C=O) groups excluding carboxylic acids is 1. The molecule has 0 aromatic heterocycles. The molecule has 0 radical (unpaired) electrons. The van der Waals surface area contributed by atoms with Gasteiger partial charge in [0, 0.05) is 49.0 Å². The molecule has 1 aliphatic heterocycles. The Morgan fingerprint density at radius 3 is 2.58 bits per heavy atom. The van der Waals surface area contributed by atoms with E-state index in [2.05, 4.69) is 15.1 Å². The number of halogens is 2. The third-order valence-corrected chi connectivity index (χ3v) is 5.06. The van der Waals surface area contributed by atoms with Gasteiger partial charge < -0.3 is 10.2 Å². The number of nitrogens with zero attached hydrogens (tertiary/aromatic N) is 2. The van der Waals surface area contributed by atoms with Crippen LogP contribution >= 0.6 is 11.6 Å². The highest BCUT2D eigenvalue weighted by Gasteiger charge is 2.25. The quantitative estimate of drug-likeness (QED) is 0.870. The van der Waals surface area contributed by atoms with Gasteiger partial charge in [0.05, 0.1) is 6.04 Å². The van der Waals surface area contributed by atoms with Gasteiger partial charge in [-0.3, -0.25) is 9.69 Å². The van der Waals surface area contributed by atoms with Crippen LogP contribution in [0.25, 0.3) is 0 Å². The van der Waals surface area contributed by atoms with Crippen molar-refractivity contribution in [2.45, 2.75) is 19.5 Å². The maximum atomic E-state index is 13.7. The predicted molar refractivity (Wildman–Crippen MR) is 103 cm³/mol. The summed E-state index contributed by atoms with van der Waals surface area (Å²) in [6, 6.07) is 14.1. The molecule has 1 heterocycles. The first kappa shape index (κ1) is 18.7. The largest absolute Gasteiger partial charge is 0.369 e. The first-order valence-corrected chi connectivity index (χ1v) is 9.18. The molecule has 1 N–H and O–H groups in total. The molecule has 1 saturated heterocycles. The maximum absolute atomic E-state index is 13.7. The van der Waals surface area contributed by atoms with E-state index in [1.54, 1.807) is 18.2 Å². The van der Waals surface area contributed by atoms with Gasteiger partial charge in [0.15, 0.2) is 0 Å². The average Bonchev–Trinajstić information content (AvgIpc) is 2.66. The summed E-state index contributed by atoms with van der Waals surface area (Å²) < 4.78 is 13.7. The normalized spacial score (nSPS) is 16.3. The highest BCUT2D eigenvalue weighted by atomic mass is 35.5. The van der Waals surface area contributed by atoms with E-state index in [0.29, 0.717) is 5.56 Å². The number of anilines is 1. The standard InChI is InChI=1S/C20H23ClFN3O/c1-15(20(26)23-14-16-5-2-3-8-19(16)22)24-9-11-25(12-10-24)18-7-4-6-17(21)13-18/h2-8,13,15H,9-12,14H2,1H3,(H,23,26)/t15-/m1/s1. The minimum absolute atomic E-state index is 0.0792. The smallest absolute Gasteiger partial charge is 0.237 e. The molecule has 3 rings (SSSR count). The van der Waals surface area contributed by atoms with Crippen molar-refractivity contribution in [2.24, 2.45) is 0 Å². The lowest BCUT2D eigenvalue weighted by Gasteiger charge is -2.38. The minimum Gasteiger partial charge on any atom is -0.369 e. The Balaban J connectivity index is 1.50. The highest BCUT2D eigenvalue weighted by Crippen LogP contribution is 2.21. The Morgan fingerprint density at radius 2 is 1.88 bits per heavy atom. The van der Waals surface area contributed by atoms with E-state index in [1.165, 1.54) is 6.07 Å². The highest BCUT2D eigenvalue weighted by molar-refractivity contribution is 6.30. The van der Waals surface area contributed by atoms with Gasteiger partial charge >= 0.3 is 0 Å². The van der Waals surface area contributed by atoms with Crippen LogP contribution in [0.1, 0.15) is 12.5 Å². The Labute approximate surface area is 158 Å². The molecule has 138 valence electrons. The fraction of sp³-hybridized carbons (Fsp3) is 0.350. The van der Waals surface area contributed by atoms with E-state index < -0.39 is 0 Å². The number of piperazine rings is 1. The molecule has 0 saturated carbocycles. The second kappa shape index (κ2) is 8.52. The van der Waals surface area contributed by atoms with Crippen LogP contribution in [-0.4, -0.2) is 43.0 Å². The number of carbonyl (C=O) groups is 1. The number of rotatable bonds is 5. The summed E-state index contributed by atoms with van der Waals surface area (Å²) in [4.78, 5) is 16.8. The van der Waals surface area contributed by atoms with Crippen molar-refractivity contribution in [3.63, 3.8) is 0 Å². The molecule has 0 spiro atoms. The van der Waals surface area contributed by atoms with Crippen LogP contribution in [-0.2, 0) is 11.3 Å². The molecule has 26 heavy (non-hydrogen) atoms. The monoisotopic (exact) mass is 375 g/mol. The summed E-state index contributed by atoms with van der Waals surface area (Å²) in [7, 11) is 0. The molecule has 2 aromatic carbocycles. The van der Waals surface area contributed by atoms with Crippen molar-refractivity contribution in [1.29, 1.82) is 0 Å². The van der Waals surface area contributed by atoms with Gasteiger partial charge in [-0.1, -0.05) is 35.9 Å². The van der Waals surface area contributed by atoms with Gasteiger partial charge in [-0.25, -0.2) is 4.39 Å². The Kier molecular flexibility index (Phi) is 6.12.